The van der Waals surface area contributed by atoms with Crippen molar-refractivity contribution in [2.24, 2.45) is 11.1 Å². The van der Waals surface area contributed by atoms with Gasteiger partial charge in [-0.3, -0.25) is 4.79 Å². The molecule has 0 saturated carbocycles. The third-order valence-electron chi connectivity index (χ3n) is 3.33. The Hall–Kier alpha value is -1.26. The van der Waals surface area contributed by atoms with E-state index in [-0.39, 0.29) is 11.3 Å². The normalized spacial score (nSPS) is 12.9. The molecule has 0 heterocycles. The first kappa shape index (κ1) is 17.8. The van der Waals surface area contributed by atoms with E-state index in [1.54, 1.807) is 24.9 Å². The molecular weight excluding hydrogens is 288 g/mol. The highest BCUT2D eigenvalue weighted by Crippen LogP contribution is 2.26. The van der Waals surface area contributed by atoms with Crippen LogP contribution in [-0.4, -0.2) is 37.0 Å². The zero-order valence-electron chi connectivity index (χ0n) is 13.4. The number of likely N-dealkylation sites (N-methyl/N-ethyl adjacent to an activating group) is 1. The topological polar surface area (TPSA) is 55.6 Å². The van der Waals surface area contributed by atoms with Gasteiger partial charge in [0, 0.05) is 13.6 Å². The smallest absolute Gasteiger partial charge is 0.263 e. The van der Waals surface area contributed by atoms with Crippen molar-refractivity contribution in [2.75, 3.05) is 20.1 Å². The molecule has 0 aliphatic heterocycles. The largest absolute Gasteiger partial charge is 0.479 e. The van der Waals surface area contributed by atoms with Crippen molar-refractivity contribution in [3.8, 4) is 5.75 Å². The summed E-state index contributed by atoms with van der Waals surface area (Å²) < 4.78 is 5.70. The maximum Gasteiger partial charge on any atom is 0.263 e. The van der Waals surface area contributed by atoms with Crippen molar-refractivity contribution in [3.63, 3.8) is 0 Å². The molecule has 1 rings (SSSR count). The molecule has 1 unspecified atom stereocenters. The van der Waals surface area contributed by atoms with Gasteiger partial charge in [0.2, 0.25) is 0 Å². The second-order valence-electron chi connectivity index (χ2n) is 6.26. The van der Waals surface area contributed by atoms with E-state index in [9.17, 15) is 4.79 Å². The van der Waals surface area contributed by atoms with E-state index in [4.69, 9.17) is 22.1 Å². The SMILES string of the molecule is Cc1ccc(Cl)c(OC(C)C(=O)N(C)CC(C)(C)CN)c1. The summed E-state index contributed by atoms with van der Waals surface area (Å²) in [6, 6.07) is 5.50. The lowest BCUT2D eigenvalue weighted by Crippen LogP contribution is -2.44. The number of nitrogens with two attached hydrogens (primary N) is 1. The van der Waals surface area contributed by atoms with Crippen LogP contribution in [0.1, 0.15) is 26.3 Å². The second kappa shape index (κ2) is 7.14. The van der Waals surface area contributed by atoms with Crippen molar-refractivity contribution in [1.82, 2.24) is 4.90 Å². The van der Waals surface area contributed by atoms with Gasteiger partial charge in [0.05, 0.1) is 5.02 Å². The van der Waals surface area contributed by atoms with E-state index >= 15 is 0 Å². The molecule has 0 spiro atoms. The van der Waals surface area contributed by atoms with Crippen LogP contribution in [-0.2, 0) is 4.79 Å². The van der Waals surface area contributed by atoms with Crippen LogP contribution in [0, 0.1) is 12.3 Å². The van der Waals surface area contributed by atoms with Crippen LogP contribution in [0.25, 0.3) is 0 Å². The average Bonchev–Trinajstić information content (AvgIpc) is 2.41. The monoisotopic (exact) mass is 312 g/mol. The summed E-state index contributed by atoms with van der Waals surface area (Å²) in [5.41, 5.74) is 6.62. The molecule has 0 radical (unpaired) electrons. The first-order valence-electron chi connectivity index (χ1n) is 7.04. The minimum absolute atomic E-state index is 0.0888. The number of hydrogen-bond donors (Lipinski definition) is 1. The Labute approximate surface area is 132 Å². The highest BCUT2D eigenvalue weighted by atomic mass is 35.5. The highest BCUT2D eigenvalue weighted by Gasteiger charge is 2.25. The maximum absolute atomic E-state index is 12.4. The first-order valence-corrected chi connectivity index (χ1v) is 7.42. The van der Waals surface area contributed by atoms with Crippen LogP contribution in [0.2, 0.25) is 5.02 Å². The molecule has 0 saturated heterocycles. The van der Waals surface area contributed by atoms with Gasteiger partial charge >= 0.3 is 0 Å². The number of benzene rings is 1. The van der Waals surface area contributed by atoms with Gasteiger partial charge in [-0.15, -0.1) is 0 Å². The van der Waals surface area contributed by atoms with E-state index in [2.05, 4.69) is 0 Å². The number of carbonyl (C=O) groups excluding carboxylic acids is 1. The summed E-state index contributed by atoms with van der Waals surface area (Å²) >= 11 is 6.09. The number of hydrogen-bond acceptors (Lipinski definition) is 3. The fourth-order valence-corrected chi connectivity index (χ4v) is 2.20. The minimum atomic E-state index is -0.595. The predicted octanol–water partition coefficient (Wildman–Crippen LogP) is 2.86. The Morgan fingerprint density at radius 1 is 1.48 bits per heavy atom. The molecule has 0 aliphatic carbocycles. The van der Waals surface area contributed by atoms with Gasteiger partial charge in [-0.05, 0) is 43.5 Å². The van der Waals surface area contributed by atoms with Gasteiger partial charge in [0.15, 0.2) is 6.10 Å². The third kappa shape index (κ3) is 5.21. The lowest BCUT2D eigenvalue weighted by molar-refractivity contribution is -0.137. The molecule has 2 N–H and O–H groups in total. The van der Waals surface area contributed by atoms with Crippen LogP contribution < -0.4 is 10.5 Å². The van der Waals surface area contributed by atoms with Crippen molar-refractivity contribution >= 4 is 17.5 Å². The second-order valence-corrected chi connectivity index (χ2v) is 6.66. The highest BCUT2D eigenvalue weighted by molar-refractivity contribution is 6.32. The van der Waals surface area contributed by atoms with E-state index in [0.29, 0.717) is 23.9 Å². The van der Waals surface area contributed by atoms with Crippen LogP contribution in [0.3, 0.4) is 0 Å². The number of aryl methyl sites for hydroxylation is 1. The van der Waals surface area contributed by atoms with Crippen LogP contribution in [0.15, 0.2) is 18.2 Å². The molecule has 0 fully saturated rings. The Balaban J connectivity index is 2.72. The molecule has 0 aromatic heterocycles. The summed E-state index contributed by atoms with van der Waals surface area (Å²) in [6.45, 7) is 8.83. The van der Waals surface area contributed by atoms with E-state index in [0.717, 1.165) is 5.56 Å². The number of halogens is 1. The zero-order chi connectivity index (χ0) is 16.2. The molecule has 21 heavy (non-hydrogen) atoms. The van der Waals surface area contributed by atoms with Gasteiger partial charge < -0.3 is 15.4 Å². The fraction of sp³-hybridized carbons (Fsp3) is 0.562. The van der Waals surface area contributed by atoms with E-state index in [1.165, 1.54) is 0 Å². The Morgan fingerprint density at radius 3 is 2.67 bits per heavy atom. The van der Waals surface area contributed by atoms with Gasteiger partial charge in [0.25, 0.3) is 5.91 Å². The van der Waals surface area contributed by atoms with Gasteiger partial charge in [-0.1, -0.05) is 31.5 Å². The van der Waals surface area contributed by atoms with Crippen molar-refractivity contribution < 1.29 is 9.53 Å². The van der Waals surface area contributed by atoms with Gasteiger partial charge in [-0.2, -0.15) is 0 Å². The molecular formula is C16H25ClN2O2. The molecule has 1 atom stereocenters. The molecule has 4 nitrogen and oxygen atoms in total. The number of ether oxygens (including phenoxy) is 1. The predicted molar refractivity (Wildman–Crippen MR) is 86.8 cm³/mol. The summed E-state index contributed by atoms with van der Waals surface area (Å²) in [5.74, 6) is 0.443. The van der Waals surface area contributed by atoms with Crippen molar-refractivity contribution in [1.29, 1.82) is 0 Å². The molecule has 1 aromatic rings. The lowest BCUT2D eigenvalue weighted by atomic mass is 9.93. The van der Waals surface area contributed by atoms with E-state index in [1.807, 2.05) is 32.9 Å². The van der Waals surface area contributed by atoms with Crippen molar-refractivity contribution in [3.05, 3.63) is 28.8 Å². The summed E-state index contributed by atoms with van der Waals surface area (Å²) in [5, 5.41) is 0.505. The standard InChI is InChI=1S/C16H25ClN2O2/c1-11-6-7-13(17)14(8-11)21-12(2)15(20)19(5)10-16(3,4)9-18/h6-8,12H,9-10,18H2,1-5H3. The summed E-state index contributed by atoms with van der Waals surface area (Å²) in [7, 11) is 1.76. The zero-order valence-corrected chi connectivity index (χ0v) is 14.2. The van der Waals surface area contributed by atoms with Crippen molar-refractivity contribution in [2.45, 2.75) is 33.8 Å². The van der Waals surface area contributed by atoms with Crippen LogP contribution in [0.4, 0.5) is 0 Å². The average molecular weight is 313 g/mol. The van der Waals surface area contributed by atoms with Gasteiger partial charge in [-0.25, -0.2) is 0 Å². The molecule has 0 bridgehead atoms. The Morgan fingerprint density at radius 2 is 2.10 bits per heavy atom. The fourth-order valence-electron chi connectivity index (χ4n) is 2.04. The lowest BCUT2D eigenvalue weighted by Gasteiger charge is -2.30. The van der Waals surface area contributed by atoms with Crippen LogP contribution in [0.5, 0.6) is 5.75 Å². The first-order chi connectivity index (χ1) is 9.66. The molecule has 0 aliphatic rings. The molecule has 5 heteroatoms. The Kier molecular flexibility index (Phi) is 6.05. The molecule has 1 amide bonds. The summed E-state index contributed by atoms with van der Waals surface area (Å²) in [6.07, 6.45) is -0.595. The Bertz CT molecular complexity index is 503. The minimum Gasteiger partial charge on any atom is -0.479 e. The number of nitrogens with zero attached hydrogens (tertiary/aromatic N) is 1. The number of carbonyl (C=O) groups is 1. The quantitative estimate of drug-likeness (QED) is 0.878. The molecule has 118 valence electrons. The third-order valence-corrected chi connectivity index (χ3v) is 3.64. The molecule has 1 aromatic carbocycles. The summed E-state index contributed by atoms with van der Waals surface area (Å²) in [4.78, 5) is 14.0. The van der Waals surface area contributed by atoms with E-state index < -0.39 is 6.10 Å². The van der Waals surface area contributed by atoms with Crippen LogP contribution >= 0.6 is 11.6 Å². The maximum atomic E-state index is 12.4. The number of rotatable bonds is 6. The van der Waals surface area contributed by atoms with Gasteiger partial charge in [0.1, 0.15) is 5.75 Å². The number of amides is 1.